The standard InChI is InChI=1S/C57H38N4/c1-37-20-22-38(23-21-37)41-26-31-54-48(34-41)49-36-43(42-27-32-53-47(35-42)46-16-8-11-19-52(46)60(53)44-14-6-3-7-15-44)28-33-55(49)61(54)45-29-24-40(25-30-45)57-56(39-12-4-2-5-13-39)58-50-17-9-10-18-51(50)59-57/h2-36H,1H3. The Balaban J connectivity index is 1.02. The van der Waals surface area contributed by atoms with Gasteiger partial charge in [-0.15, -0.1) is 0 Å². The van der Waals surface area contributed by atoms with Crippen LogP contribution in [-0.2, 0) is 0 Å². The van der Waals surface area contributed by atoms with Crippen molar-refractivity contribution in [2.45, 2.75) is 6.92 Å². The summed E-state index contributed by atoms with van der Waals surface area (Å²) in [6.07, 6.45) is 0. The van der Waals surface area contributed by atoms with E-state index in [-0.39, 0.29) is 0 Å². The molecule has 286 valence electrons. The minimum absolute atomic E-state index is 0.870. The van der Waals surface area contributed by atoms with Crippen molar-refractivity contribution in [3.05, 3.63) is 218 Å². The van der Waals surface area contributed by atoms with Crippen LogP contribution in [0.15, 0.2) is 212 Å². The Labute approximate surface area is 353 Å². The molecule has 0 bridgehead atoms. The molecule has 61 heavy (non-hydrogen) atoms. The fourth-order valence-electron chi connectivity index (χ4n) is 9.18. The number of fused-ring (bicyclic) bond motifs is 7. The second-order valence-electron chi connectivity index (χ2n) is 15.9. The van der Waals surface area contributed by atoms with Crippen LogP contribution in [0.5, 0.6) is 0 Å². The van der Waals surface area contributed by atoms with Gasteiger partial charge >= 0.3 is 0 Å². The maximum absolute atomic E-state index is 5.18. The Morgan fingerprint density at radius 2 is 0.689 bits per heavy atom. The van der Waals surface area contributed by atoms with Gasteiger partial charge in [-0.3, -0.25) is 0 Å². The lowest BCUT2D eigenvalue weighted by molar-refractivity contribution is 1.18. The number of hydrogen-bond donors (Lipinski definition) is 0. The van der Waals surface area contributed by atoms with E-state index in [1.54, 1.807) is 0 Å². The smallest absolute Gasteiger partial charge is 0.0973 e. The van der Waals surface area contributed by atoms with Gasteiger partial charge in [0.15, 0.2) is 0 Å². The van der Waals surface area contributed by atoms with E-state index in [0.717, 1.165) is 56.0 Å². The molecule has 3 heterocycles. The number of aryl methyl sites for hydroxylation is 1. The molecule has 0 saturated carbocycles. The van der Waals surface area contributed by atoms with Crippen molar-refractivity contribution >= 4 is 54.6 Å². The minimum atomic E-state index is 0.870. The van der Waals surface area contributed by atoms with Gasteiger partial charge < -0.3 is 9.13 Å². The highest BCUT2D eigenvalue weighted by molar-refractivity contribution is 6.13. The molecule has 4 nitrogen and oxygen atoms in total. The van der Waals surface area contributed by atoms with Crippen LogP contribution >= 0.6 is 0 Å². The zero-order valence-corrected chi connectivity index (χ0v) is 33.5. The predicted molar refractivity (Wildman–Crippen MR) is 255 cm³/mol. The van der Waals surface area contributed by atoms with Gasteiger partial charge in [0.25, 0.3) is 0 Å². The van der Waals surface area contributed by atoms with E-state index < -0.39 is 0 Å². The van der Waals surface area contributed by atoms with Crippen molar-refractivity contribution in [3.8, 4) is 56.1 Å². The fourth-order valence-corrected chi connectivity index (χ4v) is 9.18. The summed E-state index contributed by atoms with van der Waals surface area (Å²) in [6.45, 7) is 2.14. The monoisotopic (exact) mass is 778 g/mol. The molecule has 0 N–H and O–H groups in total. The minimum Gasteiger partial charge on any atom is -0.309 e. The Bertz CT molecular complexity index is 3620. The van der Waals surface area contributed by atoms with E-state index in [2.05, 4.69) is 198 Å². The predicted octanol–water partition coefficient (Wildman–Crippen LogP) is 14.8. The van der Waals surface area contributed by atoms with Crippen LogP contribution < -0.4 is 0 Å². The van der Waals surface area contributed by atoms with E-state index in [0.29, 0.717) is 0 Å². The van der Waals surface area contributed by atoms with E-state index in [9.17, 15) is 0 Å². The van der Waals surface area contributed by atoms with Crippen molar-refractivity contribution < 1.29 is 0 Å². The maximum Gasteiger partial charge on any atom is 0.0973 e. The Morgan fingerprint density at radius 3 is 1.26 bits per heavy atom. The number of nitrogens with zero attached hydrogens (tertiary/aromatic N) is 4. The average molecular weight is 779 g/mol. The van der Waals surface area contributed by atoms with Gasteiger partial charge in [0.1, 0.15) is 0 Å². The van der Waals surface area contributed by atoms with Gasteiger partial charge in [0.05, 0.1) is 44.5 Å². The van der Waals surface area contributed by atoms with Crippen LogP contribution in [0.1, 0.15) is 5.56 Å². The molecular formula is C57H38N4. The summed E-state index contributed by atoms with van der Waals surface area (Å²) in [5.74, 6) is 0. The average Bonchev–Trinajstić information content (AvgIpc) is 3.84. The lowest BCUT2D eigenvalue weighted by Crippen LogP contribution is -1.97. The van der Waals surface area contributed by atoms with Gasteiger partial charge in [-0.25, -0.2) is 9.97 Å². The molecule has 0 aliphatic rings. The van der Waals surface area contributed by atoms with Gasteiger partial charge in [-0.1, -0.05) is 139 Å². The third-order valence-corrected chi connectivity index (χ3v) is 12.2. The first kappa shape index (κ1) is 34.9. The van der Waals surface area contributed by atoms with Crippen molar-refractivity contribution in [2.75, 3.05) is 0 Å². The summed E-state index contributed by atoms with van der Waals surface area (Å²) in [5, 5.41) is 4.92. The first-order chi connectivity index (χ1) is 30.1. The summed E-state index contributed by atoms with van der Waals surface area (Å²) < 4.78 is 4.77. The molecule has 4 heteroatoms. The number of hydrogen-bond acceptors (Lipinski definition) is 2. The topological polar surface area (TPSA) is 35.6 Å². The summed E-state index contributed by atoms with van der Waals surface area (Å²) in [6, 6.07) is 76.3. The number of benzene rings is 9. The lowest BCUT2D eigenvalue weighted by Gasteiger charge is -2.13. The lowest BCUT2D eigenvalue weighted by atomic mass is 9.99. The Hall–Kier alpha value is -8.08. The molecule has 0 saturated heterocycles. The SMILES string of the molecule is Cc1ccc(-c2ccc3c(c2)c2cc(-c4ccc5c(c4)c4ccccc4n5-c4ccccc4)ccc2n3-c2ccc(-c3nc4ccccc4nc3-c3ccccc3)cc2)cc1. The third-order valence-electron chi connectivity index (χ3n) is 12.2. The molecule has 0 unspecified atom stereocenters. The zero-order chi connectivity index (χ0) is 40.4. The molecule has 0 amide bonds. The molecule has 0 radical (unpaired) electrons. The van der Waals surface area contributed by atoms with Crippen molar-refractivity contribution in [2.24, 2.45) is 0 Å². The first-order valence-electron chi connectivity index (χ1n) is 20.8. The molecule has 0 aliphatic heterocycles. The Kier molecular flexibility index (Phi) is 8.04. The first-order valence-corrected chi connectivity index (χ1v) is 20.8. The quantitative estimate of drug-likeness (QED) is 0.169. The highest BCUT2D eigenvalue weighted by atomic mass is 15.0. The zero-order valence-electron chi connectivity index (χ0n) is 33.5. The van der Waals surface area contributed by atoms with Crippen molar-refractivity contribution in [3.63, 3.8) is 0 Å². The van der Waals surface area contributed by atoms with E-state index in [4.69, 9.17) is 9.97 Å². The second kappa shape index (κ2) is 14.0. The summed E-state index contributed by atoms with van der Waals surface area (Å²) in [4.78, 5) is 10.3. The normalized spacial score (nSPS) is 11.7. The van der Waals surface area contributed by atoms with Crippen LogP contribution in [0.3, 0.4) is 0 Å². The van der Waals surface area contributed by atoms with Crippen LogP contribution in [0, 0.1) is 6.92 Å². The largest absolute Gasteiger partial charge is 0.309 e. The third kappa shape index (κ3) is 5.83. The maximum atomic E-state index is 5.18. The van der Waals surface area contributed by atoms with Gasteiger partial charge in [0.2, 0.25) is 0 Å². The second-order valence-corrected chi connectivity index (χ2v) is 15.9. The molecule has 9 aromatic carbocycles. The fraction of sp³-hybridized carbons (Fsp3) is 0.0175. The molecular weight excluding hydrogens is 741 g/mol. The van der Waals surface area contributed by atoms with Crippen LogP contribution in [-0.4, -0.2) is 19.1 Å². The molecule has 0 aliphatic carbocycles. The highest BCUT2D eigenvalue weighted by Gasteiger charge is 2.18. The van der Waals surface area contributed by atoms with Crippen LogP contribution in [0.25, 0.3) is 111 Å². The number of rotatable bonds is 6. The molecule has 3 aromatic heterocycles. The van der Waals surface area contributed by atoms with Gasteiger partial charge in [-0.2, -0.15) is 0 Å². The molecule has 0 spiro atoms. The number of aromatic nitrogens is 4. The Morgan fingerprint density at radius 1 is 0.295 bits per heavy atom. The van der Waals surface area contributed by atoms with Crippen molar-refractivity contribution in [1.82, 2.24) is 19.1 Å². The molecule has 12 rings (SSSR count). The van der Waals surface area contributed by atoms with E-state index in [1.807, 2.05) is 30.3 Å². The van der Waals surface area contributed by atoms with Gasteiger partial charge in [-0.05, 0) is 108 Å². The highest BCUT2D eigenvalue weighted by Crippen LogP contribution is 2.40. The van der Waals surface area contributed by atoms with Crippen LogP contribution in [0.4, 0.5) is 0 Å². The van der Waals surface area contributed by atoms with E-state index in [1.165, 1.54) is 60.4 Å². The van der Waals surface area contributed by atoms with Crippen molar-refractivity contribution in [1.29, 1.82) is 0 Å². The molecule has 0 fully saturated rings. The summed E-state index contributed by atoms with van der Waals surface area (Å²) in [5.41, 5.74) is 18.6. The summed E-state index contributed by atoms with van der Waals surface area (Å²) in [7, 11) is 0. The number of para-hydroxylation sites is 4. The van der Waals surface area contributed by atoms with E-state index >= 15 is 0 Å². The molecule has 0 atom stereocenters. The molecule has 12 aromatic rings. The van der Waals surface area contributed by atoms with Crippen LogP contribution in [0.2, 0.25) is 0 Å². The van der Waals surface area contributed by atoms with Gasteiger partial charge in [0, 0.05) is 44.0 Å². The summed E-state index contributed by atoms with van der Waals surface area (Å²) >= 11 is 0.